The zero-order valence-corrected chi connectivity index (χ0v) is 13.0. The molecule has 19 heavy (non-hydrogen) atoms. The van der Waals surface area contributed by atoms with E-state index in [-0.39, 0.29) is 5.41 Å². The van der Waals surface area contributed by atoms with Crippen LogP contribution in [0.4, 0.5) is 0 Å². The highest BCUT2D eigenvalue weighted by Gasteiger charge is 2.36. The summed E-state index contributed by atoms with van der Waals surface area (Å²) in [6.45, 7) is 6.76. The number of rotatable bonds is 5. The fourth-order valence-electron chi connectivity index (χ4n) is 3.25. The molecule has 0 unspecified atom stereocenters. The lowest BCUT2D eigenvalue weighted by Crippen LogP contribution is -2.41. The van der Waals surface area contributed by atoms with Gasteiger partial charge >= 0.3 is 0 Å². The average molecular weight is 280 g/mol. The van der Waals surface area contributed by atoms with E-state index in [2.05, 4.69) is 31.3 Å². The minimum Gasteiger partial charge on any atom is -0.316 e. The van der Waals surface area contributed by atoms with E-state index in [0.29, 0.717) is 0 Å². The third-order valence-corrected chi connectivity index (χ3v) is 4.90. The first-order valence-corrected chi connectivity index (χ1v) is 8.01. The molecule has 0 bridgehead atoms. The van der Waals surface area contributed by atoms with Crippen molar-refractivity contribution in [1.82, 2.24) is 5.32 Å². The Labute approximate surface area is 122 Å². The SMILES string of the molecule is CCCNCC1(c2ccccc2Cl)CCC(C)CC1. The summed E-state index contributed by atoms with van der Waals surface area (Å²) in [5, 5.41) is 4.57. The second kappa shape index (κ2) is 6.76. The fraction of sp³-hybridized carbons (Fsp3) is 0.647. The summed E-state index contributed by atoms with van der Waals surface area (Å²) in [7, 11) is 0. The van der Waals surface area contributed by atoms with Gasteiger partial charge in [0.05, 0.1) is 0 Å². The zero-order chi connectivity index (χ0) is 13.7. The predicted molar refractivity (Wildman–Crippen MR) is 83.9 cm³/mol. The van der Waals surface area contributed by atoms with Gasteiger partial charge in [-0.15, -0.1) is 0 Å². The van der Waals surface area contributed by atoms with Crippen molar-refractivity contribution < 1.29 is 0 Å². The van der Waals surface area contributed by atoms with Gasteiger partial charge in [0.1, 0.15) is 0 Å². The summed E-state index contributed by atoms with van der Waals surface area (Å²) >= 11 is 6.47. The Hall–Kier alpha value is -0.530. The van der Waals surface area contributed by atoms with E-state index in [1.165, 1.54) is 37.7 Å². The van der Waals surface area contributed by atoms with E-state index < -0.39 is 0 Å². The quantitative estimate of drug-likeness (QED) is 0.765. The van der Waals surface area contributed by atoms with E-state index in [9.17, 15) is 0 Å². The average Bonchev–Trinajstić information content (AvgIpc) is 2.42. The van der Waals surface area contributed by atoms with Crippen LogP contribution in [0.25, 0.3) is 0 Å². The lowest BCUT2D eigenvalue weighted by atomic mass is 9.67. The van der Waals surface area contributed by atoms with Crippen molar-refractivity contribution in [3.05, 3.63) is 34.9 Å². The number of benzene rings is 1. The molecule has 1 nitrogen and oxygen atoms in total. The molecule has 106 valence electrons. The Morgan fingerprint density at radius 1 is 1.26 bits per heavy atom. The largest absolute Gasteiger partial charge is 0.316 e. The maximum atomic E-state index is 6.47. The molecule has 1 saturated carbocycles. The molecule has 1 aromatic carbocycles. The lowest BCUT2D eigenvalue weighted by Gasteiger charge is -2.41. The lowest BCUT2D eigenvalue weighted by molar-refractivity contribution is 0.234. The molecular weight excluding hydrogens is 254 g/mol. The highest BCUT2D eigenvalue weighted by molar-refractivity contribution is 6.31. The van der Waals surface area contributed by atoms with Gasteiger partial charge < -0.3 is 5.32 Å². The van der Waals surface area contributed by atoms with E-state index in [4.69, 9.17) is 11.6 Å². The van der Waals surface area contributed by atoms with Gasteiger partial charge in [0, 0.05) is 17.0 Å². The third-order valence-electron chi connectivity index (χ3n) is 4.57. The van der Waals surface area contributed by atoms with Gasteiger partial charge in [0.2, 0.25) is 0 Å². The molecule has 1 N–H and O–H groups in total. The molecule has 0 aliphatic heterocycles. The van der Waals surface area contributed by atoms with Crippen LogP contribution in [0.1, 0.15) is 51.5 Å². The van der Waals surface area contributed by atoms with Crippen LogP contribution in [-0.2, 0) is 5.41 Å². The van der Waals surface area contributed by atoms with Crippen molar-refractivity contribution >= 4 is 11.6 Å². The maximum Gasteiger partial charge on any atom is 0.0444 e. The van der Waals surface area contributed by atoms with E-state index in [1.54, 1.807) is 0 Å². The first kappa shape index (κ1) is 14.9. The van der Waals surface area contributed by atoms with Crippen LogP contribution in [0.15, 0.2) is 24.3 Å². The summed E-state index contributed by atoms with van der Waals surface area (Å²) in [5.41, 5.74) is 1.60. The van der Waals surface area contributed by atoms with Crippen LogP contribution in [0, 0.1) is 5.92 Å². The Morgan fingerprint density at radius 3 is 2.58 bits per heavy atom. The van der Waals surface area contributed by atoms with Gasteiger partial charge in [-0.1, -0.05) is 43.6 Å². The van der Waals surface area contributed by atoms with Gasteiger partial charge in [-0.25, -0.2) is 0 Å². The molecule has 1 fully saturated rings. The smallest absolute Gasteiger partial charge is 0.0444 e. The molecule has 0 amide bonds. The molecule has 0 spiro atoms. The predicted octanol–water partition coefficient (Wildman–Crippen LogP) is 4.79. The molecule has 0 atom stereocenters. The molecule has 2 rings (SSSR count). The van der Waals surface area contributed by atoms with E-state index >= 15 is 0 Å². The Kier molecular flexibility index (Phi) is 5.29. The summed E-state index contributed by atoms with van der Waals surface area (Å²) in [5.74, 6) is 0.863. The van der Waals surface area contributed by atoms with Crippen molar-refractivity contribution in [2.75, 3.05) is 13.1 Å². The van der Waals surface area contributed by atoms with Crippen LogP contribution >= 0.6 is 11.6 Å². The van der Waals surface area contributed by atoms with Crippen LogP contribution in [0.3, 0.4) is 0 Å². The number of hydrogen-bond acceptors (Lipinski definition) is 1. The molecule has 2 heteroatoms. The highest BCUT2D eigenvalue weighted by atomic mass is 35.5. The molecule has 0 radical (unpaired) electrons. The van der Waals surface area contributed by atoms with Gasteiger partial charge in [0.15, 0.2) is 0 Å². The molecule has 0 heterocycles. The van der Waals surface area contributed by atoms with Crippen molar-refractivity contribution in [1.29, 1.82) is 0 Å². The van der Waals surface area contributed by atoms with Gasteiger partial charge in [-0.3, -0.25) is 0 Å². The van der Waals surface area contributed by atoms with Crippen LogP contribution in [0.2, 0.25) is 5.02 Å². The maximum absolute atomic E-state index is 6.47. The molecule has 0 aromatic heterocycles. The van der Waals surface area contributed by atoms with Gasteiger partial charge in [-0.05, 0) is 56.2 Å². The van der Waals surface area contributed by atoms with Crippen LogP contribution < -0.4 is 5.32 Å². The summed E-state index contributed by atoms with van der Waals surface area (Å²) < 4.78 is 0. The number of halogens is 1. The molecule has 1 aliphatic rings. The van der Waals surface area contributed by atoms with Gasteiger partial charge in [0.25, 0.3) is 0 Å². The van der Waals surface area contributed by atoms with E-state index in [1.807, 2.05) is 12.1 Å². The zero-order valence-electron chi connectivity index (χ0n) is 12.2. The monoisotopic (exact) mass is 279 g/mol. The topological polar surface area (TPSA) is 12.0 Å². The molecule has 1 aromatic rings. The third kappa shape index (κ3) is 3.52. The minimum atomic E-state index is 0.250. The van der Waals surface area contributed by atoms with Crippen LogP contribution in [-0.4, -0.2) is 13.1 Å². The van der Waals surface area contributed by atoms with Crippen molar-refractivity contribution in [3.8, 4) is 0 Å². The summed E-state index contributed by atoms with van der Waals surface area (Å²) in [6, 6.07) is 8.42. The highest BCUT2D eigenvalue weighted by Crippen LogP contribution is 2.43. The first-order chi connectivity index (χ1) is 9.18. The second-order valence-electron chi connectivity index (χ2n) is 6.12. The Bertz CT molecular complexity index is 394. The van der Waals surface area contributed by atoms with Gasteiger partial charge in [-0.2, -0.15) is 0 Å². The molecule has 1 aliphatic carbocycles. The summed E-state index contributed by atoms with van der Waals surface area (Å²) in [6.07, 6.45) is 6.34. The molecular formula is C17H26ClN. The number of hydrogen-bond donors (Lipinski definition) is 1. The number of nitrogens with one attached hydrogen (secondary N) is 1. The molecule has 0 saturated heterocycles. The van der Waals surface area contributed by atoms with Crippen LogP contribution in [0.5, 0.6) is 0 Å². The second-order valence-corrected chi connectivity index (χ2v) is 6.53. The summed E-state index contributed by atoms with van der Waals surface area (Å²) in [4.78, 5) is 0. The normalized spacial score (nSPS) is 27.4. The minimum absolute atomic E-state index is 0.250. The van der Waals surface area contributed by atoms with Crippen molar-refractivity contribution in [3.63, 3.8) is 0 Å². The van der Waals surface area contributed by atoms with E-state index in [0.717, 1.165) is 24.0 Å². The standard InChI is InChI=1S/C17H26ClN/c1-3-12-19-13-17(10-8-14(2)9-11-17)15-6-4-5-7-16(15)18/h4-7,14,19H,3,8-13H2,1-2H3. The van der Waals surface area contributed by atoms with Crippen molar-refractivity contribution in [2.24, 2.45) is 5.92 Å². The Morgan fingerprint density at radius 2 is 1.95 bits per heavy atom. The van der Waals surface area contributed by atoms with Crippen molar-refractivity contribution in [2.45, 2.75) is 51.4 Å². The fourth-order valence-corrected chi connectivity index (χ4v) is 3.59. The first-order valence-electron chi connectivity index (χ1n) is 7.64. The Balaban J connectivity index is 2.21.